The molecule has 0 radical (unpaired) electrons. The molecule has 0 bridgehead atoms. The number of nitrogens with zero attached hydrogens (tertiary/aromatic N) is 1. The van der Waals surface area contributed by atoms with Gasteiger partial charge >= 0.3 is 0 Å². The van der Waals surface area contributed by atoms with Crippen molar-refractivity contribution in [1.29, 1.82) is 0 Å². The molecule has 1 aromatic carbocycles. The van der Waals surface area contributed by atoms with Crippen LogP contribution in [0.1, 0.15) is 10.4 Å². The van der Waals surface area contributed by atoms with E-state index in [9.17, 15) is 4.79 Å². The van der Waals surface area contributed by atoms with E-state index in [2.05, 4.69) is 26.2 Å². The second kappa shape index (κ2) is 5.11. The number of benzene rings is 1. The number of rotatable bonds is 2. The Kier molecular flexibility index (Phi) is 3.31. The SMILES string of the molecule is O=C(Nc1cccc2cc(Br)cnc12)c1ccsc1. The number of pyridine rings is 1. The summed E-state index contributed by atoms with van der Waals surface area (Å²) in [6.07, 6.45) is 1.72. The number of fused-ring (bicyclic) bond motifs is 1. The molecule has 0 unspecified atom stereocenters. The maximum Gasteiger partial charge on any atom is 0.256 e. The molecule has 3 aromatic rings. The number of thiophene rings is 1. The highest BCUT2D eigenvalue weighted by Gasteiger charge is 2.09. The average Bonchev–Trinajstić information content (AvgIpc) is 2.92. The molecule has 0 atom stereocenters. The Hall–Kier alpha value is -1.72. The van der Waals surface area contributed by atoms with Gasteiger partial charge in [-0.3, -0.25) is 9.78 Å². The van der Waals surface area contributed by atoms with Crippen LogP contribution in [0.2, 0.25) is 0 Å². The summed E-state index contributed by atoms with van der Waals surface area (Å²) in [4.78, 5) is 16.4. The molecule has 0 saturated carbocycles. The number of amides is 1. The van der Waals surface area contributed by atoms with Crippen molar-refractivity contribution in [3.05, 3.63) is 57.3 Å². The number of nitrogens with one attached hydrogen (secondary N) is 1. The van der Waals surface area contributed by atoms with Crippen molar-refractivity contribution >= 4 is 49.8 Å². The van der Waals surface area contributed by atoms with Crippen LogP contribution in [-0.4, -0.2) is 10.9 Å². The highest BCUT2D eigenvalue weighted by molar-refractivity contribution is 9.10. The van der Waals surface area contributed by atoms with Crippen LogP contribution in [-0.2, 0) is 0 Å². The fraction of sp³-hybridized carbons (Fsp3) is 0. The van der Waals surface area contributed by atoms with Crippen molar-refractivity contribution in [2.75, 3.05) is 5.32 Å². The van der Waals surface area contributed by atoms with Crippen LogP contribution >= 0.6 is 27.3 Å². The predicted molar refractivity (Wildman–Crippen MR) is 81.7 cm³/mol. The molecule has 0 aliphatic rings. The minimum Gasteiger partial charge on any atom is -0.320 e. The van der Waals surface area contributed by atoms with Crippen LogP contribution in [0.25, 0.3) is 10.9 Å². The van der Waals surface area contributed by atoms with Gasteiger partial charge in [-0.15, -0.1) is 0 Å². The number of anilines is 1. The Morgan fingerprint density at radius 3 is 3.00 bits per heavy atom. The molecule has 19 heavy (non-hydrogen) atoms. The van der Waals surface area contributed by atoms with E-state index in [-0.39, 0.29) is 5.91 Å². The minimum atomic E-state index is -0.113. The van der Waals surface area contributed by atoms with E-state index in [0.717, 1.165) is 21.1 Å². The smallest absolute Gasteiger partial charge is 0.256 e. The highest BCUT2D eigenvalue weighted by atomic mass is 79.9. The summed E-state index contributed by atoms with van der Waals surface area (Å²) in [5, 5.41) is 7.59. The zero-order chi connectivity index (χ0) is 13.2. The van der Waals surface area contributed by atoms with Gasteiger partial charge < -0.3 is 5.32 Å². The number of hydrogen-bond acceptors (Lipinski definition) is 3. The molecule has 94 valence electrons. The van der Waals surface area contributed by atoms with Crippen molar-refractivity contribution in [3.8, 4) is 0 Å². The van der Waals surface area contributed by atoms with E-state index in [1.165, 1.54) is 11.3 Å². The van der Waals surface area contributed by atoms with Crippen LogP contribution in [0.5, 0.6) is 0 Å². The van der Waals surface area contributed by atoms with E-state index in [1.54, 1.807) is 12.3 Å². The normalized spacial score (nSPS) is 10.6. The third kappa shape index (κ3) is 2.52. The fourth-order valence-corrected chi connectivity index (χ4v) is 2.81. The lowest BCUT2D eigenvalue weighted by molar-refractivity contribution is 0.102. The molecule has 3 rings (SSSR count). The third-order valence-corrected chi connectivity index (χ3v) is 3.83. The molecule has 5 heteroatoms. The Bertz CT molecular complexity index is 740. The Balaban J connectivity index is 1.99. The zero-order valence-corrected chi connectivity index (χ0v) is 12.2. The summed E-state index contributed by atoms with van der Waals surface area (Å²) >= 11 is 4.89. The molecule has 2 heterocycles. The first kappa shape index (κ1) is 12.3. The molecule has 0 aliphatic carbocycles. The monoisotopic (exact) mass is 332 g/mol. The van der Waals surface area contributed by atoms with Crippen LogP contribution in [0.15, 0.2) is 51.8 Å². The molecule has 1 amide bonds. The molecule has 2 aromatic heterocycles. The molecule has 0 aliphatic heterocycles. The first-order chi connectivity index (χ1) is 9.24. The van der Waals surface area contributed by atoms with Gasteiger partial charge in [0.25, 0.3) is 5.91 Å². The number of para-hydroxylation sites is 1. The Labute approximate surface area is 122 Å². The van der Waals surface area contributed by atoms with Gasteiger partial charge in [0.1, 0.15) is 0 Å². The van der Waals surface area contributed by atoms with Gasteiger partial charge in [0.15, 0.2) is 0 Å². The second-order valence-electron chi connectivity index (χ2n) is 4.00. The standard InChI is InChI=1S/C14H9BrN2OS/c15-11-6-9-2-1-3-12(13(9)16-7-11)17-14(18)10-4-5-19-8-10/h1-8H,(H,17,18). The van der Waals surface area contributed by atoms with Crippen LogP contribution in [0, 0.1) is 0 Å². The van der Waals surface area contributed by atoms with Crippen LogP contribution < -0.4 is 5.32 Å². The first-order valence-corrected chi connectivity index (χ1v) is 7.35. The van der Waals surface area contributed by atoms with E-state index < -0.39 is 0 Å². The van der Waals surface area contributed by atoms with Gasteiger partial charge in [-0.1, -0.05) is 12.1 Å². The first-order valence-electron chi connectivity index (χ1n) is 5.62. The van der Waals surface area contributed by atoms with E-state index in [0.29, 0.717) is 5.56 Å². The van der Waals surface area contributed by atoms with Crippen LogP contribution in [0.4, 0.5) is 5.69 Å². The molecular formula is C14H9BrN2OS. The van der Waals surface area contributed by atoms with Crippen LogP contribution in [0.3, 0.4) is 0 Å². The third-order valence-electron chi connectivity index (χ3n) is 2.71. The lowest BCUT2D eigenvalue weighted by Gasteiger charge is -2.07. The summed E-state index contributed by atoms with van der Waals surface area (Å²) in [6.45, 7) is 0. The topological polar surface area (TPSA) is 42.0 Å². The van der Waals surface area contributed by atoms with Crippen molar-refractivity contribution < 1.29 is 4.79 Å². The number of halogens is 1. The van der Waals surface area contributed by atoms with Crippen molar-refractivity contribution in [2.24, 2.45) is 0 Å². The van der Waals surface area contributed by atoms with Gasteiger partial charge in [0.2, 0.25) is 0 Å². The Morgan fingerprint density at radius 1 is 1.32 bits per heavy atom. The molecule has 0 fully saturated rings. The van der Waals surface area contributed by atoms with Gasteiger partial charge in [0, 0.05) is 21.4 Å². The Morgan fingerprint density at radius 2 is 2.21 bits per heavy atom. The molecule has 0 spiro atoms. The number of aromatic nitrogens is 1. The fourth-order valence-electron chi connectivity index (χ4n) is 1.82. The zero-order valence-electron chi connectivity index (χ0n) is 9.76. The summed E-state index contributed by atoms with van der Waals surface area (Å²) in [7, 11) is 0. The summed E-state index contributed by atoms with van der Waals surface area (Å²) in [5.41, 5.74) is 2.18. The predicted octanol–water partition coefficient (Wildman–Crippen LogP) is 4.31. The van der Waals surface area contributed by atoms with Gasteiger partial charge in [-0.2, -0.15) is 11.3 Å². The van der Waals surface area contributed by atoms with Gasteiger partial charge in [-0.25, -0.2) is 0 Å². The number of carbonyl (C=O) groups excluding carboxylic acids is 1. The van der Waals surface area contributed by atoms with Crippen molar-refractivity contribution in [1.82, 2.24) is 4.98 Å². The maximum atomic E-state index is 12.0. The van der Waals surface area contributed by atoms with Gasteiger partial charge in [0.05, 0.1) is 16.8 Å². The largest absolute Gasteiger partial charge is 0.320 e. The van der Waals surface area contributed by atoms with E-state index >= 15 is 0 Å². The van der Waals surface area contributed by atoms with E-state index in [4.69, 9.17) is 0 Å². The maximum absolute atomic E-state index is 12.0. The highest BCUT2D eigenvalue weighted by Crippen LogP contribution is 2.24. The number of carbonyl (C=O) groups is 1. The lowest BCUT2D eigenvalue weighted by Crippen LogP contribution is -2.11. The number of hydrogen-bond donors (Lipinski definition) is 1. The summed E-state index contributed by atoms with van der Waals surface area (Å²) in [6, 6.07) is 9.50. The summed E-state index contributed by atoms with van der Waals surface area (Å²) in [5.74, 6) is -0.113. The second-order valence-corrected chi connectivity index (χ2v) is 5.69. The molecule has 0 saturated heterocycles. The molecular weight excluding hydrogens is 324 g/mol. The minimum absolute atomic E-state index is 0.113. The lowest BCUT2D eigenvalue weighted by atomic mass is 10.2. The average molecular weight is 333 g/mol. The van der Waals surface area contributed by atoms with Crippen molar-refractivity contribution in [2.45, 2.75) is 0 Å². The molecule has 3 nitrogen and oxygen atoms in total. The van der Waals surface area contributed by atoms with Crippen molar-refractivity contribution in [3.63, 3.8) is 0 Å². The van der Waals surface area contributed by atoms with Gasteiger partial charge in [-0.05, 0) is 39.5 Å². The van der Waals surface area contributed by atoms with E-state index in [1.807, 2.05) is 35.0 Å². The quantitative estimate of drug-likeness (QED) is 0.759. The summed E-state index contributed by atoms with van der Waals surface area (Å²) < 4.78 is 0.918. The molecule has 1 N–H and O–H groups in total.